The lowest BCUT2D eigenvalue weighted by molar-refractivity contribution is 0.103. The summed E-state index contributed by atoms with van der Waals surface area (Å²) in [5.41, 5.74) is 8.04. The number of carbonyl (C=O) groups excluding carboxylic acids is 1. The van der Waals surface area contributed by atoms with E-state index in [4.69, 9.17) is 33.7 Å². The Labute approximate surface area is 132 Å². The number of hydrogen-bond acceptors (Lipinski definition) is 3. The van der Waals surface area contributed by atoms with Crippen LogP contribution in [0.2, 0.25) is 10.0 Å². The van der Waals surface area contributed by atoms with Crippen LogP contribution in [0.1, 0.15) is 28.4 Å². The van der Waals surface area contributed by atoms with Gasteiger partial charge in [-0.1, -0.05) is 23.2 Å². The molecule has 0 radical (unpaired) electrons. The molecule has 1 unspecified atom stereocenters. The highest BCUT2D eigenvalue weighted by Crippen LogP contribution is 2.33. The summed E-state index contributed by atoms with van der Waals surface area (Å²) in [7, 11) is 0. The molecule has 0 bridgehead atoms. The molecule has 1 atom stereocenters. The van der Waals surface area contributed by atoms with Crippen molar-refractivity contribution >= 4 is 34.7 Å². The van der Waals surface area contributed by atoms with E-state index in [9.17, 15) is 4.79 Å². The third kappa shape index (κ3) is 2.59. The Morgan fingerprint density at radius 1 is 1.29 bits per heavy atom. The third-order valence-electron chi connectivity index (χ3n) is 3.45. The molecule has 0 saturated carbocycles. The summed E-state index contributed by atoms with van der Waals surface area (Å²) in [6.07, 6.45) is 0.928. The summed E-state index contributed by atoms with van der Waals surface area (Å²) < 4.78 is 5.63. The van der Waals surface area contributed by atoms with Crippen LogP contribution in [0.25, 0.3) is 0 Å². The number of ether oxygens (including phenoxy) is 1. The van der Waals surface area contributed by atoms with E-state index in [0.29, 0.717) is 16.8 Å². The zero-order valence-electron chi connectivity index (χ0n) is 11.3. The van der Waals surface area contributed by atoms with Crippen LogP contribution < -0.4 is 10.5 Å². The molecular formula is C16H13Cl2NO2. The fraction of sp³-hybridized carbons (Fsp3) is 0.188. The van der Waals surface area contributed by atoms with E-state index < -0.39 is 0 Å². The molecule has 1 aliphatic rings. The minimum Gasteiger partial charge on any atom is -0.490 e. The van der Waals surface area contributed by atoms with Crippen LogP contribution in [0.5, 0.6) is 5.75 Å². The number of ketones is 1. The topological polar surface area (TPSA) is 52.3 Å². The molecule has 1 heterocycles. The van der Waals surface area contributed by atoms with Gasteiger partial charge in [0.25, 0.3) is 0 Å². The Hall–Kier alpha value is -1.71. The fourth-order valence-corrected chi connectivity index (χ4v) is 2.92. The minimum absolute atomic E-state index is 0.135. The van der Waals surface area contributed by atoms with E-state index in [1.807, 2.05) is 19.1 Å². The van der Waals surface area contributed by atoms with Gasteiger partial charge in [0.05, 0.1) is 10.0 Å². The quantitative estimate of drug-likeness (QED) is 0.668. The molecule has 21 heavy (non-hydrogen) atoms. The Bertz CT molecular complexity index is 743. The SMILES string of the molecule is CC1Cc2cc(C(=O)c3cc(N)cc(Cl)c3Cl)ccc2O1. The number of hydrogen-bond donors (Lipinski definition) is 1. The summed E-state index contributed by atoms with van der Waals surface area (Å²) >= 11 is 12.1. The number of nitrogens with two attached hydrogens (primary N) is 1. The Kier molecular flexibility index (Phi) is 3.56. The van der Waals surface area contributed by atoms with Crippen molar-refractivity contribution in [3.63, 3.8) is 0 Å². The molecule has 3 nitrogen and oxygen atoms in total. The third-order valence-corrected chi connectivity index (χ3v) is 4.26. The molecule has 1 aliphatic heterocycles. The van der Waals surface area contributed by atoms with Crippen LogP contribution in [-0.2, 0) is 6.42 Å². The van der Waals surface area contributed by atoms with Crippen molar-refractivity contribution in [1.29, 1.82) is 0 Å². The van der Waals surface area contributed by atoms with Crippen molar-refractivity contribution in [2.45, 2.75) is 19.4 Å². The second-order valence-electron chi connectivity index (χ2n) is 5.15. The Morgan fingerprint density at radius 2 is 2.05 bits per heavy atom. The zero-order chi connectivity index (χ0) is 15.1. The number of nitrogen functional groups attached to an aromatic ring is 1. The lowest BCUT2D eigenvalue weighted by Gasteiger charge is -2.08. The van der Waals surface area contributed by atoms with Crippen LogP contribution in [-0.4, -0.2) is 11.9 Å². The van der Waals surface area contributed by atoms with Gasteiger partial charge in [0, 0.05) is 23.2 Å². The molecule has 5 heteroatoms. The first-order chi connectivity index (χ1) is 9.95. The number of benzene rings is 2. The number of rotatable bonds is 2. The lowest BCUT2D eigenvalue weighted by atomic mass is 9.99. The average Bonchev–Trinajstić information content (AvgIpc) is 2.81. The van der Waals surface area contributed by atoms with Crippen molar-refractivity contribution in [3.05, 3.63) is 57.1 Å². The Morgan fingerprint density at radius 3 is 2.81 bits per heavy atom. The van der Waals surface area contributed by atoms with Crippen molar-refractivity contribution < 1.29 is 9.53 Å². The maximum atomic E-state index is 12.6. The number of halogens is 2. The van der Waals surface area contributed by atoms with Gasteiger partial charge in [-0.05, 0) is 42.8 Å². The van der Waals surface area contributed by atoms with Gasteiger partial charge >= 0.3 is 0 Å². The first kappa shape index (κ1) is 14.2. The molecule has 0 saturated heterocycles. The van der Waals surface area contributed by atoms with Gasteiger partial charge in [0.1, 0.15) is 11.9 Å². The predicted molar refractivity (Wildman–Crippen MR) is 84.5 cm³/mol. The van der Waals surface area contributed by atoms with Crippen LogP contribution >= 0.6 is 23.2 Å². The van der Waals surface area contributed by atoms with Crippen LogP contribution in [0, 0.1) is 0 Å². The van der Waals surface area contributed by atoms with Crippen molar-refractivity contribution in [2.24, 2.45) is 0 Å². The van der Waals surface area contributed by atoms with Gasteiger partial charge in [-0.15, -0.1) is 0 Å². The molecular weight excluding hydrogens is 309 g/mol. The van der Waals surface area contributed by atoms with E-state index in [0.717, 1.165) is 17.7 Å². The van der Waals surface area contributed by atoms with Gasteiger partial charge in [0.2, 0.25) is 0 Å². The second kappa shape index (κ2) is 5.24. The monoisotopic (exact) mass is 321 g/mol. The molecule has 0 aliphatic carbocycles. The van der Waals surface area contributed by atoms with Gasteiger partial charge in [-0.2, -0.15) is 0 Å². The van der Waals surface area contributed by atoms with Crippen molar-refractivity contribution in [3.8, 4) is 5.75 Å². The molecule has 2 aromatic rings. The lowest BCUT2D eigenvalue weighted by Crippen LogP contribution is -2.05. The van der Waals surface area contributed by atoms with Crippen molar-refractivity contribution in [2.75, 3.05) is 5.73 Å². The zero-order valence-corrected chi connectivity index (χ0v) is 12.8. The highest BCUT2D eigenvalue weighted by atomic mass is 35.5. The number of anilines is 1. The van der Waals surface area contributed by atoms with Gasteiger partial charge < -0.3 is 10.5 Å². The maximum absolute atomic E-state index is 12.6. The first-order valence-electron chi connectivity index (χ1n) is 6.54. The summed E-state index contributed by atoms with van der Waals surface area (Å²) in [5, 5.41) is 0.499. The standard InChI is InChI=1S/C16H13Cl2NO2/c1-8-4-10-5-9(2-3-14(10)21-8)16(20)12-6-11(19)7-13(17)15(12)18/h2-3,5-8H,4,19H2,1H3. The number of fused-ring (bicyclic) bond motifs is 1. The van der Waals surface area contributed by atoms with E-state index in [1.54, 1.807) is 12.1 Å². The predicted octanol–water partition coefficient (Wildman–Crippen LogP) is 4.13. The summed E-state index contributed by atoms with van der Waals surface area (Å²) in [5.74, 6) is 0.632. The van der Waals surface area contributed by atoms with Crippen LogP contribution in [0.4, 0.5) is 5.69 Å². The molecule has 108 valence electrons. The van der Waals surface area contributed by atoms with E-state index >= 15 is 0 Å². The van der Waals surface area contributed by atoms with Gasteiger partial charge in [-0.3, -0.25) is 4.79 Å². The second-order valence-corrected chi connectivity index (χ2v) is 5.93. The smallest absolute Gasteiger partial charge is 0.194 e. The molecule has 0 aromatic heterocycles. The molecule has 0 amide bonds. The summed E-state index contributed by atoms with van der Waals surface area (Å²) in [6.45, 7) is 2.00. The molecule has 0 fully saturated rings. The van der Waals surface area contributed by atoms with Crippen molar-refractivity contribution in [1.82, 2.24) is 0 Å². The van der Waals surface area contributed by atoms with Crippen LogP contribution in [0.3, 0.4) is 0 Å². The molecule has 0 spiro atoms. The Balaban J connectivity index is 2.02. The fourth-order valence-electron chi connectivity index (χ4n) is 2.49. The van der Waals surface area contributed by atoms with Gasteiger partial charge in [0.15, 0.2) is 5.78 Å². The van der Waals surface area contributed by atoms with E-state index in [1.165, 1.54) is 6.07 Å². The highest BCUT2D eigenvalue weighted by Gasteiger charge is 2.22. The normalized spacial score (nSPS) is 16.4. The minimum atomic E-state index is -0.198. The average molecular weight is 322 g/mol. The van der Waals surface area contributed by atoms with Crippen LogP contribution in [0.15, 0.2) is 30.3 Å². The summed E-state index contributed by atoms with van der Waals surface area (Å²) in [6, 6.07) is 8.46. The highest BCUT2D eigenvalue weighted by molar-refractivity contribution is 6.44. The maximum Gasteiger partial charge on any atom is 0.194 e. The van der Waals surface area contributed by atoms with E-state index in [-0.39, 0.29) is 21.9 Å². The summed E-state index contributed by atoms with van der Waals surface area (Å²) in [4.78, 5) is 12.6. The largest absolute Gasteiger partial charge is 0.490 e. The molecule has 2 aromatic carbocycles. The van der Waals surface area contributed by atoms with E-state index in [2.05, 4.69) is 0 Å². The van der Waals surface area contributed by atoms with Gasteiger partial charge in [-0.25, -0.2) is 0 Å². The molecule has 2 N–H and O–H groups in total. The molecule has 3 rings (SSSR count). The number of carbonyl (C=O) groups is 1. The first-order valence-corrected chi connectivity index (χ1v) is 7.30.